The molecule has 2 aromatic carbocycles. The molecule has 1 N–H and O–H groups in total. The molecule has 3 rings (SSSR count). The lowest BCUT2D eigenvalue weighted by Gasteiger charge is -2.24. The average Bonchev–Trinajstić information content (AvgIpc) is 3.07. The fraction of sp³-hybridized carbons (Fsp3) is 0.263. The van der Waals surface area contributed by atoms with Gasteiger partial charge in [0, 0.05) is 22.8 Å². The van der Waals surface area contributed by atoms with E-state index in [0.29, 0.717) is 23.7 Å². The Morgan fingerprint density at radius 1 is 1.24 bits per heavy atom. The van der Waals surface area contributed by atoms with Crippen molar-refractivity contribution in [2.75, 3.05) is 11.9 Å². The number of aryl methyl sites for hydroxylation is 1. The van der Waals surface area contributed by atoms with Gasteiger partial charge in [0.25, 0.3) is 5.91 Å². The van der Waals surface area contributed by atoms with Crippen LogP contribution >= 0.6 is 11.6 Å². The van der Waals surface area contributed by atoms with Gasteiger partial charge in [-0.25, -0.2) is 4.39 Å². The van der Waals surface area contributed by atoms with Crippen LogP contribution in [0.4, 0.5) is 10.1 Å². The molecule has 130 valence electrons. The quantitative estimate of drug-likeness (QED) is 0.898. The summed E-state index contributed by atoms with van der Waals surface area (Å²) in [5, 5.41) is 3.38. The van der Waals surface area contributed by atoms with Crippen molar-refractivity contribution < 1.29 is 14.0 Å². The van der Waals surface area contributed by atoms with Gasteiger partial charge in [-0.3, -0.25) is 9.59 Å². The molecule has 2 amide bonds. The summed E-state index contributed by atoms with van der Waals surface area (Å²) in [5.41, 5.74) is 1.76. The van der Waals surface area contributed by atoms with Crippen molar-refractivity contribution in [1.29, 1.82) is 0 Å². The van der Waals surface area contributed by atoms with Crippen molar-refractivity contribution in [3.63, 3.8) is 0 Å². The maximum atomic E-state index is 13.4. The minimum absolute atomic E-state index is 0.249. The van der Waals surface area contributed by atoms with Crippen molar-refractivity contribution in [1.82, 2.24) is 4.90 Å². The van der Waals surface area contributed by atoms with Crippen LogP contribution < -0.4 is 5.32 Å². The highest BCUT2D eigenvalue weighted by Crippen LogP contribution is 2.24. The number of likely N-dealkylation sites (tertiary alicyclic amines) is 1. The molecule has 0 saturated carbocycles. The van der Waals surface area contributed by atoms with Gasteiger partial charge in [0.05, 0.1) is 0 Å². The van der Waals surface area contributed by atoms with Crippen molar-refractivity contribution in [2.45, 2.75) is 25.8 Å². The molecule has 1 fully saturated rings. The summed E-state index contributed by atoms with van der Waals surface area (Å²) in [7, 11) is 0. The predicted octanol–water partition coefficient (Wildman–Crippen LogP) is 4.03. The Morgan fingerprint density at radius 3 is 2.80 bits per heavy atom. The fourth-order valence-corrected chi connectivity index (χ4v) is 3.19. The zero-order valence-electron chi connectivity index (χ0n) is 13.8. The number of anilines is 1. The van der Waals surface area contributed by atoms with Gasteiger partial charge < -0.3 is 10.2 Å². The summed E-state index contributed by atoms with van der Waals surface area (Å²) < 4.78 is 13.4. The highest BCUT2D eigenvalue weighted by molar-refractivity contribution is 6.31. The van der Waals surface area contributed by atoms with Gasteiger partial charge >= 0.3 is 0 Å². The third-order valence-corrected chi connectivity index (χ3v) is 4.58. The van der Waals surface area contributed by atoms with E-state index in [0.717, 1.165) is 12.0 Å². The second-order valence-electron chi connectivity index (χ2n) is 6.12. The number of rotatable bonds is 3. The Bertz CT molecular complexity index is 825. The molecule has 0 unspecified atom stereocenters. The van der Waals surface area contributed by atoms with E-state index in [1.807, 2.05) is 13.0 Å². The van der Waals surface area contributed by atoms with Crippen LogP contribution in [0.2, 0.25) is 5.02 Å². The first-order valence-corrected chi connectivity index (χ1v) is 8.47. The van der Waals surface area contributed by atoms with Gasteiger partial charge in [0.15, 0.2) is 0 Å². The number of hydrogen-bond acceptors (Lipinski definition) is 2. The summed E-state index contributed by atoms with van der Waals surface area (Å²) in [5.74, 6) is -1.06. The van der Waals surface area contributed by atoms with Crippen molar-refractivity contribution in [3.05, 3.63) is 64.4 Å². The topological polar surface area (TPSA) is 49.4 Å². The predicted molar refractivity (Wildman–Crippen MR) is 95.3 cm³/mol. The third-order valence-electron chi connectivity index (χ3n) is 4.35. The number of nitrogens with zero attached hydrogens (tertiary/aromatic N) is 1. The highest BCUT2D eigenvalue weighted by atomic mass is 35.5. The monoisotopic (exact) mass is 360 g/mol. The van der Waals surface area contributed by atoms with Gasteiger partial charge in [0.2, 0.25) is 5.91 Å². The molecular weight excluding hydrogens is 343 g/mol. The Balaban J connectivity index is 1.78. The zero-order chi connectivity index (χ0) is 18.0. The van der Waals surface area contributed by atoms with E-state index in [-0.39, 0.29) is 17.4 Å². The minimum Gasteiger partial charge on any atom is -0.327 e. The van der Waals surface area contributed by atoms with Crippen molar-refractivity contribution >= 4 is 29.1 Å². The van der Waals surface area contributed by atoms with E-state index in [1.54, 1.807) is 18.2 Å². The molecule has 2 aromatic rings. The number of hydrogen-bond donors (Lipinski definition) is 1. The Kier molecular flexibility index (Phi) is 5.04. The molecule has 6 heteroatoms. The normalized spacial score (nSPS) is 16.8. The van der Waals surface area contributed by atoms with Gasteiger partial charge in [-0.05, 0) is 55.7 Å². The molecule has 4 nitrogen and oxygen atoms in total. The Labute approximate surface area is 150 Å². The molecule has 0 spiro atoms. The number of carbonyl (C=O) groups is 2. The molecule has 1 aliphatic rings. The summed E-state index contributed by atoms with van der Waals surface area (Å²) in [6.07, 6.45) is 1.31. The SMILES string of the molecule is Cc1ccc(Cl)cc1NC(=O)[C@H]1CCCN1C(=O)c1cccc(F)c1. The van der Waals surface area contributed by atoms with E-state index in [2.05, 4.69) is 5.32 Å². The number of nitrogens with one attached hydrogen (secondary N) is 1. The first-order valence-electron chi connectivity index (χ1n) is 8.09. The lowest BCUT2D eigenvalue weighted by atomic mass is 10.1. The summed E-state index contributed by atoms with van der Waals surface area (Å²) in [6.45, 7) is 2.35. The molecule has 0 aliphatic carbocycles. The standard InChI is InChI=1S/C19H18ClFN2O2/c1-12-7-8-14(20)11-16(12)22-18(24)17-6-3-9-23(17)19(25)13-4-2-5-15(21)10-13/h2,4-5,7-8,10-11,17H,3,6,9H2,1H3,(H,22,24)/t17-/m1/s1. The molecule has 1 heterocycles. The van der Waals surface area contributed by atoms with Crippen LogP contribution in [-0.2, 0) is 4.79 Å². The van der Waals surface area contributed by atoms with E-state index >= 15 is 0 Å². The second kappa shape index (κ2) is 7.23. The molecule has 1 saturated heterocycles. The van der Waals surface area contributed by atoms with Crippen LogP contribution in [0.15, 0.2) is 42.5 Å². The molecule has 0 bridgehead atoms. The smallest absolute Gasteiger partial charge is 0.254 e. The largest absolute Gasteiger partial charge is 0.327 e. The van der Waals surface area contributed by atoms with Crippen LogP contribution in [0.3, 0.4) is 0 Å². The second-order valence-corrected chi connectivity index (χ2v) is 6.55. The minimum atomic E-state index is -0.575. The molecule has 25 heavy (non-hydrogen) atoms. The van der Waals surface area contributed by atoms with Gasteiger partial charge in [0.1, 0.15) is 11.9 Å². The third kappa shape index (κ3) is 3.82. The number of carbonyl (C=O) groups excluding carboxylic acids is 2. The number of benzene rings is 2. The van der Waals surface area contributed by atoms with E-state index < -0.39 is 11.9 Å². The van der Waals surface area contributed by atoms with Crippen molar-refractivity contribution in [2.24, 2.45) is 0 Å². The first kappa shape index (κ1) is 17.4. The van der Waals surface area contributed by atoms with Crippen LogP contribution in [-0.4, -0.2) is 29.3 Å². The number of amides is 2. The van der Waals surface area contributed by atoms with Crippen LogP contribution in [0.5, 0.6) is 0 Å². The molecule has 0 radical (unpaired) electrons. The van der Waals surface area contributed by atoms with E-state index in [1.165, 1.54) is 23.1 Å². The van der Waals surface area contributed by atoms with Gasteiger partial charge in [-0.1, -0.05) is 23.7 Å². The Hall–Kier alpha value is -2.40. The molecule has 1 aliphatic heterocycles. The lowest BCUT2D eigenvalue weighted by Crippen LogP contribution is -2.43. The number of halogens is 2. The maximum absolute atomic E-state index is 13.4. The maximum Gasteiger partial charge on any atom is 0.254 e. The highest BCUT2D eigenvalue weighted by Gasteiger charge is 2.34. The molecular formula is C19H18ClFN2O2. The molecule has 0 aromatic heterocycles. The molecule has 1 atom stereocenters. The van der Waals surface area contributed by atoms with Crippen LogP contribution in [0, 0.1) is 12.7 Å². The average molecular weight is 361 g/mol. The summed E-state index contributed by atoms with van der Waals surface area (Å²) in [6, 6.07) is 10.2. The van der Waals surface area contributed by atoms with Gasteiger partial charge in [-0.15, -0.1) is 0 Å². The van der Waals surface area contributed by atoms with E-state index in [9.17, 15) is 14.0 Å². The summed E-state index contributed by atoms with van der Waals surface area (Å²) >= 11 is 5.98. The van der Waals surface area contributed by atoms with Crippen LogP contribution in [0.25, 0.3) is 0 Å². The Morgan fingerprint density at radius 2 is 2.04 bits per heavy atom. The van der Waals surface area contributed by atoms with E-state index in [4.69, 9.17) is 11.6 Å². The fourth-order valence-electron chi connectivity index (χ4n) is 3.01. The van der Waals surface area contributed by atoms with Gasteiger partial charge in [-0.2, -0.15) is 0 Å². The lowest BCUT2D eigenvalue weighted by molar-refractivity contribution is -0.119. The zero-order valence-corrected chi connectivity index (χ0v) is 14.5. The van der Waals surface area contributed by atoms with Crippen molar-refractivity contribution in [3.8, 4) is 0 Å². The summed E-state index contributed by atoms with van der Waals surface area (Å²) in [4.78, 5) is 26.8. The first-order chi connectivity index (χ1) is 12.0. The van der Waals surface area contributed by atoms with Crippen LogP contribution in [0.1, 0.15) is 28.8 Å².